The van der Waals surface area contributed by atoms with Crippen molar-refractivity contribution in [2.45, 2.75) is 13.8 Å². The molecule has 0 aliphatic heterocycles. The number of allylic oxidation sites excluding steroid dienone is 3. The third-order valence-electron chi connectivity index (χ3n) is 4.83. The van der Waals surface area contributed by atoms with E-state index in [-0.39, 0.29) is 11.8 Å². The number of benzene rings is 1. The maximum absolute atomic E-state index is 12.6. The Kier molecular flexibility index (Phi) is 5.03. The van der Waals surface area contributed by atoms with Crippen molar-refractivity contribution < 1.29 is 14.4 Å². The molecule has 9 heteroatoms. The lowest BCUT2D eigenvalue weighted by Crippen LogP contribution is -2.23. The highest BCUT2D eigenvalue weighted by atomic mass is 16.6. The minimum absolute atomic E-state index is 0.214. The monoisotopic (exact) mass is 404 g/mol. The molecule has 0 spiro atoms. The zero-order valence-corrected chi connectivity index (χ0v) is 16.7. The highest BCUT2D eigenvalue weighted by Crippen LogP contribution is 2.27. The van der Waals surface area contributed by atoms with Gasteiger partial charge in [-0.2, -0.15) is 5.10 Å². The molecule has 2 amide bonds. The molecule has 152 valence electrons. The average molecular weight is 404 g/mol. The first kappa shape index (κ1) is 19.3. The highest BCUT2D eigenvalue weighted by molar-refractivity contribution is 6.00. The first-order valence-corrected chi connectivity index (χ1v) is 9.21. The Balaban J connectivity index is 1.69. The number of aryl methyl sites for hydroxylation is 2. The van der Waals surface area contributed by atoms with E-state index in [2.05, 4.69) is 26.2 Å². The molecule has 9 nitrogen and oxygen atoms in total. The van der Waals surface area contributed by atoms with E-state index in [1.54, 1.807) is 22.8 Å². The summed E-state index contributed by atoms with van der Waals surface area (Å²) in [6.07, 6.45) is 8.59. The van der Waals surface area contributed by atoms with E-state index >= 15 is 0 Å². The lowest BCUT2D eigenvalue weighted by Gasteiger charge is -2.12. The summed E-state index contributed by atoms with van der Waals surface area (Å²) in [4.78, 5) is 33.7. The summed E-state index contributed by atoms with van der Waals surface area (Å²) in [7, 11) is 1.38. The van der Waals surface area contributed by atoms with E-state index in [1.165, 1.54) is 13.4 Å². The summed E-state index contributed by atoms with van der Waals surface area (Å²) in [5, 5.41) is 10.3. The Morgan fingerprint density at radius 1 is 1.17 bits per heavy atom. The molecule has 1 aliphatic rings. The van der Waals surface area contributed by atoms with E-state index in [0.29, 0.717) is 28.1 Å². The second-order valence-corrected chi connectivity index (χ2v) is 6.79. The SMILES string of the molecule is CONC(=O)c1ccc(C)c(Nc2ncnn3cc(C(=O)NC4=CC=C4)c(C)c23)c1. The quantitative estimate of drug-likeness (QED) is 0.545. The molecule has 0 bridgehead atoms. The largest absolute Gasteiger partial charge is 0.338 e. The maximum Gasteiger partial charge on any atom is 0.274 e. The molecule has 2 heterocycles. The smallest absolute Gasteiger partial charge is 0.274 e. The van der Waals surface area contributed by atoms with Gasteiger partial charge >= 0.3 is 0 Å². The molecule has 0 saturated carbocycles. The van der Waals surface area contributed by atoms with Gasteiger partial charge in [0, 0.05) is 23.1 Å². The summed E-state index contributed by atoms with van der Waals surface area (Å²) >= 11 is 0. The van der Waals surface area contributed by atoms with Crippen LogP contribution in [0.5, 0.6) is 0 Å². The fraction of sp³-hybridized carbons (Fsp3) is 0.143. The van der Waals surface area contributed by atoms with Gasteiger partial charge in [-0.05, 0) is 49.3 Å². The second-order valence-electron chi connectivity index (χ2n) is 6.79. The first-order chi connectivity index (χ1) is 14.5. The Labute approximate surface area is 172 Å². The number of rotatable bonds is 6. The minimum atomic E-state index is -0.356. The van der Waals surface area contributed by atoms with E-state index in [1.807, 2.05) is 38.1 Å². The molecule has 1 aliphatic carbocycles. The van der Waals surface area contributed by atoms with E-state index in [4.69, 9.17) is 4.84 Å². The van der Waals surface area contributed by atoms with Crippen LogP contribution in [-0.4, -0.2) is 33.5 Å². The third kappa shape index (κ3) is 3.53. The number of hydrogen-bond donors (Lipinski definition) is 3. The van der Waals surface area contributed by atoms with Crippen molar-refractivity contribution in [3.05, 3.63) is 76.9 Å². The molecule has 3 aromatic rings. The van der Waals surface area contributed by atoms with Gasteiger partial charge in [0.2, 0.25) is 0 Å². The van der Waals surface area contributed by atoms with Crippen molar-refractivity contribution in [3.8, 4) is 0 Å². The minimum Gasteiger partial charge on any atom is -0.338 e. The van der Waals surface area contributed by atoms with Crippen molar-refractivity contribution in [2.24, 2.45) is 0 Å². The van der Waals surface area contributed by atoms with Gasteiger partial charge in [-0.1, -0.05) is 12.1 Å². The number of fused-ring (bicyclic) bond motifs is 1. The van der Waals surface area contributed by atoms with Crippen molar-refractivity contribution >= 4 is 28.8 Å². The van der Waals surface area contributed by atoms with Crippen LogP contribution in [0.25, 0.3) is 5.52 Å². The topological polar surface area (TPSA) is 110 Å². The van der Waals surface area contributed by atoms with Gasteiger partial charge < -0.3 is 10.6 Å². The third-order valence-corrected chi connectivity index (χ3v) is 4.83. The van der Waals surface area contributed by atoms with Crippen LogP contribution in [0.1, 0.15) is 31.8 Å². The molecule has 1 aromatic carbocycles. The number of nitrogens with zero attached hydrogens (tertiary/aromatic N) is 3. The molecule has 2 aromatic heterocycles. The van der Waals surface area contributed by atoms with E-state index in [0.717, 1.165) is 16.8 Å². The van der Waals surface area contributed by atoms with E-state index < -0.39 is 0 Å². The fourth-order valence-corrected chi connectivity index (χ4v) is 3.13. The Morgan fingerprint density at radius 2 is 1.97 bits per heavy atom. The van der Waals surface area contributed by atoms with Crippen LogP contribution in [0.4, 0.5) is 11.5 Å². The van der Waals surface area contributed by atoms with Crippen LogP contribution in [0.2, 0.25) is 0 Å². The van der Waals surface area contributed by atoms with Crippen molar-refractivity contribution in [1.82, 2.24) is 25.4 Å². The van der Waals surface area contributed by atoms with Crippen LogP contribution in [-0.2, 0) is 4.84 Å². The van der Waals surface area contributed by atoms with Gasteiger partial charge in [0.1, 0.15) is 11.8 Å². The van der Waals surface area contributed by atoms with Crippen LogP contribution < -0.4 is 16.1 Å². The molecule has 0 radical (unpaired) electrons. The normalized spacial score (nSPS) is 12.3. The predicted octanol–water partition coefficient (Wildman–Crippen LogP) is 2.56. The van der Waals surface area contributed by atoms with Gasteiger partial charge in [0.15, 0.2) is 5.82 Å². The highest BCUT2D eigenvalue weighted by Gasteiger charge is 2.19. The molecule has 0 saturated heterocycles. The Bertz CT molecular complexity index is 1220. The number of hydrogen-bond acceptors (Lipinski definition) is 6. The lowest BCUT2D eigenvalue weighted by atomic mass is 10.1. The number of nitrogens with one attached hydrogen (secondary N) is 3. The first-order valence-electron chi connectivity index (χ1n) is 9.21. The number of carbonyl (C=O) groups excluding carboxylic acids is 2. The van der Waals surface area contributed by atoms with Crippen molar-refractivity contribution in [1.29, 1.82) is 0 Å². The van der Waals surface area contributed by atoms with Gasteiger partial charge in [0.05, 0.1) is 12.7 Å². The van der Waals surface area contributed by atoms with Crippen molar-refractivity contribution in [3.63, 3.8) is 0 Å². The summed E-state index contributed by atoms with van der Waals surface area (Å²) in [5.74, 6) is -0.0452. The summed E-state index contributed by atoms with van der Waals surface area (Å²) in [6, 6.07) is 5.25. The molecule has 0 fully saturated rings. The molecule has 4 rings (SSSR count). The standard InChI is InChI=1S/C21H20N6O3/c1-12-7-8-14(20(28)26-30-3)9-17(12)25-19-18-13(2)16(10-27(18)23-11-22-19)21(29)24-15-5-4-6-15/h4-11H,1-3H3,(H,24,29)(H,26,28)(H,22,23,25). The fourth-order valence-electron chi connectivity index (χ4n) is 3.13. The Morgan fingerprint density at radius 3 is 2.67 bits per heavy atom. The maximum atomic E-state index is 12.6. The molecular formula is C21H20N6O3. The lowest BCUT2D eigenvalue weighted by molar-refractivity contribution is 0.0537. The molecule has 30 heavy (non-hydrogen) atoms. The molecular weight excluding hydrogens is 384 g/mol. The molecule has 0 atom stereocenters. The average Bonchev–Trinajstić information content (AvgIpc) is 3.04. The number of anilines is 2. The zero-order valence-electron chi connectivity index (χ0n) is 16.7. The van der Waals surface area contributed by atoms with Crippen LogP contribution >= 0.6 is 0 Å². The number of aromatic nitrogens is 3. The summed E-state index contributed by atoms with van der Waals surface area (Å²) in [6.45, 7) is 3.77. The van der Waals surface area contributed by atoms with Crippen LogP contribution in [0.15, 0.2) is 54.6 Å². The van der Waals surface area contributed by atoms with Crippen LogP contribution in [0, 0.1) is 13.8 Å². The van der Waals surface area contributed by atoms with Gasteiger partial charge in [-0.25, -0.2) is 15.0 Å². The summed E-state index contributed by atoms with van der Waals surface area (Å²) < 4.78 is 1.61. The molecule has 0 unspecified atom stereocenters. The number of amides is 2. The molecule has 3 N–H and O–H groups in total. The van der Waals surface area contributed by atoms with Gasteiger partial charge in [-0.3, -0.25) is 14.4 Å². The predicted molar refractivity (Wildman–Crippen MR) is 111 cm³/mol. The second kappa shape index (κ2) is 7.80. The summed E-state index contributed by atoms with van der Waals surface area (Å²) in [5.41, 5.74) is 7.05. The zero-order chi connectivity index (χ0) is 21.3. The van der Waals surface area contributed by atoms with Crippen molar-refractivity contribution in [2.75, 3.05) is 12.4 Å². The van der Waals surface area contributed by atoms with E-state index in [9.17, 15) is 9.59 Å². The number of carbonyl (C=O) groups is 2. The Hall–Kier alpha value is -3.98. The van der Waals surface area contributed by atoms with Gasteiger partial charge in [-0.15, -0.1) is 0 Å². The number of hydroxylamine groups is 1. The van der Waals surface area contributed by atoms with Gasteiger partial charge in [0.25, 0.3) is 11.8 Å². The van der Waals surface area contributed by atoms with Crippen LogP contribution in [0.3, 0.4) is 0 Å².